The van der Waals surface area contributed by atoms with E-state index in [2.05, 4.69) is 10.4 Å². The number of aryl methyl sites for hydroxylation is 2. The molecule has 2 aromatic rings. The fraction of sp³-hybridized carbons (Fsp3) is 0.462. The summed E-state index contributed by atoms with van der Waals surface area (Å²) >= 11 is 0. The van der Waals surface area contributed by atoms with E-state index in [0.717, 1.165) is 11.3 Å². The number of nitrogens with zero attached hydrogens (tertiary/aromatic N) is 2. The minimum atomic E-state index is -1.00. The normalized spacial score (nSPS) is 14.7. The maximum Gasteiger partial charge on any atom is 0.136 e. The van der Waals surface area contributed by atoms with Crippen LogP contribution in [0.3, 0.4) is 0 Å². The van der Waals surface area contributed by atoms with Gasteiger partial charge in [0.2, 0.25) is 0 Å². The zero-order valence-corrected chi connectivity index (χ0v) is 11.0. The van der Waals surface area contributed by atoms with E-state index >= 15 is 0 Å². The van der Waals surface area contributed by atoms with Crippen LogP contribution in [0.1, 0.15) is 23.9 Å². The highest BCUT2D eigenvalue weighted by molar-refractivity contribution is 5.15. The second-order valence-electron chi connectivity index (χ2n) is 4.77. The van der Waals surface area contributed by atoms with E-state index in [0.29, 0.717) is 18.8 Å². The molecule has 18 heavy (non-hydrogen) atoms. The molecule has 5 nitrogen and oxygen atoms in total. The van der Waals surface area contributed by atoms with E-state index in [1.165, 1.54) is 0 Å². The van der Waals surface area contributed by atoms with Crippen LogP contribution in [0.25, 0.3) is 0 Å². The van der Waals surface area contributed by atoms with Gasteiger partial charge >= 0.3 is 0 Å². The van der Waals surface area contributed by atoms with Crippen molar-refractivity contribution < 1.29 is 9.52 Å². The first kappa shape index (κ1) is 12.9. The van der Waals surface area contributed by atoms with Crippen LogP contribution in [0.5, 0.6) is 0 Å². The molecular weight excluding hydrogens is 230 g/mol. The Balaban J connectivity index is 1.91. The molecule has 0 bridgehead atoms. The quantitative estimate of drug-likeness (QED) is 0.839. The molecule has 0 aliphatic heterocycles. The Hall–Kier alpha value is -1.59. The molecule has 2 N–H and O–H groups in total. The van der Waals surface area contributed by atoms with E-state index in [1.54, 1.807) is 30.0 Å². The summed E-state index contributed by atoms with van der Waals surface area (Å²) in [5.74, 6) is 0.568. The summed E-state index contributed by atoms with van der Waals surface area (Å²) in [7, 11) is 1.90. The van der Waals surface area contributed by atoms with Crippen molar-refractivity contribution >= 4 is 0 Å². The average Bonchev–Trinajstić information content (AvgIpc) is 2.89. The Morgan fingerprint density at radius 2 is 2.33 bits per heavy atom. The zero-order valence-electron chi connectivity index (χ0n) is 11.0. The molecule has 0 fully saturated rings. The summed E-state index contributed by atoms with van der Waals surface area (Å²) in [4.78, 5) is 0. The minimum absolute atomic E-state index is 0.425. The van der Waals surface area contributed by atoms with E-state index in [-0.39, 0.29) is 0 Å². The van der Waals surface area contributed by atoms with Crippen LogP contribution in [-0.2, 0) is 19.2 Å². The van der Waals surface area contributed by atoms with Crippen LogP contribution in [0.15, 0.2) is 29.0 Å². The first-order valence-electron chi connectivity index (χ1n) is 5.95. The first-order chi connectivity index (χ1) is 8.49. The predicted molar refractivity (Wildman–Crippen MR) is 67.9 cm³/mol. The summed E-state index contributed by atoms with van der Waals surface area (Å²) in [6.45, 7) is 4.81. The molecule has 0 saturated carbocycles. The molecule has 0 aliphatic carbocycles. The number of hydrogen-bond donors (Lipinski definition) is 2. The van der Waals surface area contributed by atoms with Gasteiger partial charge in [-0.15, -0.1) is 0 Å². The Morgan fingerprint density at radius 1 is 1.56 bits per heavy atom. The molecule has 5 heteroatoms. The lowest BCUT2D eigenvalue weighted by molar-refractivity contribution is 0.0340. The second kappa shape index (κ2) is 4.96. The topological polar surface area (TPSA) is 63.2 Å². The molecule has 0 saturated heterocycles. The van der Waals surface area contributed by atoms with Gasteiger partial charge < -0.3 is 14.8 Å². The van der Waals surface area contributed by atoms with Gasteiger partial charge in [0.25, 0.3) is 0 Å². The summed E-state index contributed by atoms with van der Waals surface area (Å²) in [5, 5.41) is 17.7. The Bertz CT molecular complexity index is 500. The molecule has 0 aromatic carbocycles. The molecule has 0 aliphatic rings. The van der Waals surface area contributed by atoms with Gasteiger partial charge in [-0.05, 0) is 26.0 Å². The van der Waals surface area contributed by atoms with Gasteiger partial charge in [-0.25, -0.2) is 0 Å². The Kier molecular flexibility index (Phi) is 3.54. The molecule has 0 amide bonds. The zero-order chi connectivity index (χ0) is 13.2. The van der Waals surface area contributed by atoms with Gasteiger partial charge in [-0.1, -0.05) is 0 Å². The molecule has 0 spiro atoms. The standard InChI is InChI=1S/C13H19N3O2/c1-10-11(8-16(3)15-10)7-14-9-13(2,17)12-5-4-6-18-12/h4-6,8,14,17H,7,9H2,1-3H3. The second-order valence-corrected chi connectivity index (χ2v) is 4.77. The number of aromatic nitrogens is 2. The average molecular weight is 249 g/mol. The molecular formula is C13H19N3O2. The van der Waals surface area contributed by atoms with Gasteiger partial charge in [0.15, 0.2) is 0 Å². The lowest BCUT2D eigenvalue weighted by Gasteiger charge is -2.21. The van der Waals surface area contributed by atoms with Gasteiger partial charge in [0.1, 0.15) is 11.4 Å². The predicted octanol–water partition coefficient (Wildman–Crippen LogP) is 1.32. The summed E-state index contributed by atoms with van der Waals surface area (Å²) in [5.41, 5.74) is 1.13. The number of rotatable bonds is 5. The van der Waals surface area contributed by atoms with Gasteiger partial charge in [-0.2, -0.15) is 5.10 Å². The number of furan rings is 1. The van der Waals surface area contributed by atoms with Crippen molar-refractivity contribution in [3.8, 4) is 0 Å². The lowest BCUT2D eigenvalue weighted by atomic mass is 10.0. The van der Waals surface area contributed by atoms with Crippen LogP contribution in [0.4, 0.5) is 0 Å². The van der Waals surface area contributed by atoms with Crippen molar-refractivity contribution in [2.24, 2.45) is 7.05 Å². The molecule has 0 radical (unpaired) electrons. The lowest BCUT2D eigenvalue weighted by Crippen LogP contribution is -2.34. The van der Waals surface area contributed by atoms with Crippen molar-refractivity contribution in [2.75, 3.05) is 6.54 Å². The van der Waals surface area contributed by atoms with Gasteiger partial charge in [-0.3, -0.25) is 4.68 Å². The fourth-order valence-electron chi connectivity index (χ4n) is 1.93. The van der Waals surface area contributed by atoms with E-state index in [9.17, 15) is 5.11 Å². The fourth-order valence-corrected chi connectivity index (χ4v) is 1.93. The molecule has 2 heterocycles. The summed E-state index contributed by atoms with van der Waals surface area (Å²) in [6, 6.07) is 3.55. The van der Waals surface area contributed by atoms with Crippen LogP contribution < -0.4 is 5.32 Å². The van der Waals surface area contributed by atoms with Crippen molar-refractivity contribution in [3.05, 3.63) is 41.6 Å². The van der Waals surface area contributed by atoms with Gasteiger partial charge in [0.05, 0.1) is 12.0 Å². The van der Waals surface area contributed by atoms with Crippen LogP contribution in [-0.4, -0.2) is 21.4 Å². The third-order valence-electron chi connectivity index (χ3n) is 2.95. The largest absolute Gasteiger partial charge is 0.466 e. The summed E-state index contributed by atoms with van der Waals surface area (Å²) in [6.07, 6.45) is 3.54. The van der Waals surface area contributed by atoms with Crippen molar-refractivity contribution in [1.82, 2.24) is 15.1 Å². The molecule has 1 unspecified atom stereocenters. The maximum atomic E-state index is 10.3. The van der Waals surface area contributed by atoms with E-state index < -0.39 is 5.60 Å². The molecule has 2 rings (SSSR count). The smallest absolute Gasteiger partial charge is 0.136 e. The third kappa shape index (κ3) is 2.80. The number of hydrogen-bond acceptors (Lipinski definition) is 4. The Labute approximate surface area is 106 Å². The molecule has 2 aromatic heterocycles. The van der Waals surface area contributed by atoms with Crippen LogP contribution >= 0.6 is 0 Å². The van der Waals surface area contributed by atoms with Crippen molar-refractivity contribution in [2.45, 2.75) is 26.0 Å². The summed E-state index contributed by atoms with van der Waals surface area (Å²) < 4.78 is 7.01. The van der Waals surface area contributed by atoms with Gasteiger partial charge in [0, 0.05) is 31.9 Å². The van der Waals surface area contributed by atoms with Crippen LogP contribution in [0.2, 0.25) is 0 Å². The van der Waals surface area contributed by atoms with Crippen molar-refractivity contribution in [1.29, 1.82) is 0 Å². The van der Waals surface area contributed by atoms with Crippen LogP contribution in [0, 0.1) is 6.92 Å². The highest BCUT2D eigenvalue weighted by Crippen LogP contribution is 2.19. The van der Waals surface area contributed by atoms with E-state index in [4.69, 9.17) is 4.42 Å². The van der Waals surface area contributed by atoms with Crippen molar-refractivity contribution in [3.63, 3.8) is 0 Å². The molecule has 1 atom stereocenters. The number of nitrogens with one attached hydrogen (secondary N) is 1. The highest BCUT2D eigenvalue weighted by atomic mass is 16.4. The highest BCUT2D eigenvalue weighted by Gasteiger charge is 2.25. The first-order valence-corrected chi connectivity index (χ1v) is 5.95. The Morgan fingerprint density at radius 3 is 2.89 bits per heavy atom. The number of aliphatic hydroxyl groups is 1. The maximum absolute atomic E-state index is 10.3. The minimum Gasteiger partial charge on any atom is -0.466 e. The van der Waals surface area contributed by atoms with E-state index in [1.807, 2.05) is 20.2 Å². The SMILES string of the molecule is Cc1nn(C)cc1CNCC(C)(O)c1ccco1. The third-order valence-corrected chi connectivity index (χ3v) is 2.95. The molecule has 98 valence electrons. The monoisotopic (exact) mass is 249 g/mol.